The standard InChI is InChI=1S/C58H44N2/c1-2-12-38(13-3-1)39-14-10-15-43(33-39)60-53-21-8-5-17-48(53)49-26-24-40(34-56(49)60)45-19-11-23-55-57(45)50-18-6-9-22-54(50)59(55)44-25-27-47-46-16-4-7-20-51(46)58(52(47)35-44)41-29-36-28-37(31-41)32-42(58)30-36/h1-27,33-37,41-42H,28-32H2. The lowest BCUT2D eigenvalue weighted by atomic mass is 9.43. The molecule has 0 amide bonds. The summed E-state index contributed by atoms with van der Waals surface area (Å²) in [5.41, 5.74) is 18.7. The second-order valence-corrected chi connectivity index (χ2v) is 18.5. The Morgan fingerprint density at radius 3 is 1.78 bits per heavy atom. The summed E-state index contributed by atoms with van der Waals surface area (Å²) in [5, 5.41) is 5.16. The summed E-state index contributed by atoms with van der Waals surface area (Å²) in [6, 6.07) is 68.8. The molecule has 2 heterocycles. The van der Waals surface area contributed by atoms with Gasteiger partial charge in [0, 0.05) is 38.3 Å². The van der Waals surface area contributed by atoms with Crippen LogP contribution in [0, 0.1) is 23.7 Å². The third-order valence-corrected chi connectivity index (χ3v) is 15.7. The average Bonchev–Trinajstić information content (AvgIpc) is 3.92. The van der Waals surface area contributed by atoms with Crippen LogP contribution in [0.3, 0.4) is 0 Å². The minimum Gasteiger partial charge on any atom is -0.309 e. The summed E-state index contributed by atoms with van der Waals surface area (Å²) in [6.45, 7) is 0. The molecule has 0 atom stereocenters. The van der Waals surface area contributed by atoms with Gasteiger partial charge in [-0.2, -0.15) is 0 Å². The molecule has 10 aromatic rings. The van der Waals surface area contributed by atoms with Crippen molar-refractivity contribution in [3.8, 4) is 44.8 Å². The first-order chi connectivity index (χ1) is 29.7. The van der Waals surface area contributed by atoms with E-state index in [4.69, 9.17) is 0 Å². The van der Waals surface area contributed by atoms with Crippen molar-refractivity contribution < 1.29 is 0 Å². The summed E-state index contributed by atoms with van der Waals surface area (Å²) in [5.74, 6) is 3.33. The summed E-state index contributed by atoms with van der Waals surface area (Å²) < 4.78 is 5.04. The Balaban J connectivity index is 0.971. The Morgan fingerprint density at radius 2 is 0.950 bits per heavy atom. The second-order valence-electron chi connectivity index (χ2n) is 18.5. The van der Waals surface area contributed by atoms with Gasteiger partial charge in [-0.25, -0.2) is 0 Å². The highest BCUT2D eigenvalue weighted by molar-refractivity contribution is 6.17. The Morgan fingerprint density at radius 1 is 0.350 bits per heavy atom. The highest BCUT2D eigenvalue weighted by atomic mass is 15.0. The molecule has 2 heteroatoms. The van der Waals surface area contributed by atoms with E-state index in [2.05, 4.69) is 191 Å². The van der Waals surface area contributed by atoms with Gasteiger partial charge in [0.1, 0.15) is 0 Å². The van der Waals surface area contributed by atoms with E-state index in [1.165, 1.54) is 120 Å². The van der Waals surface area contributed by atoms with Gasteiger partial charge in [0.05, 0.1) is 22.1 Å². The minimum absolute atomic E-state index is 0.133. The maximum Gasteiger partial charge on any atom is 0.0547 e. The third kappa shape index (κ3) is 4.38. The molecule has 60 heavy (non-hydrogen) atoms. The molecule has 0 radical (unpaired) electrons. The van der Waals surface area contributed by atoms with Crippen molar-refractivity contribution in [1.29, 1.82) is 0 Å². The average molecular weight is 769 g/mol. The maximum absolute atomic E-state index is 2.64. The summed E-state index contributed by atoms with van der Waals surface area (Å²) >= 11 is 0. The molecule has 4 bridgehead atoms. The molecule has 1 spiro atoms. The zero-order valence-electron chi connectivity index (χ0n) is 33.6. The Hall–Kier alpha value is -6.64. The van der Waals surface area contributed by atoms with E-state index in [9.17, 15) is 0 Å². The number of aromatic nitrogens is 2. The third-order valence-electron chi connectivity index (χ3n) is 15.7. The summed E-state index contributed by atoms with van der Waals surface area (Å²) in [4.78, 5) is 0. The van der Waals surface area contributed by atoms with E-state index in [1.54, 1.807) is 11.1 Å². The van der Waals surface area contributed by atoms with Gasteiger partial charge in [0.2, 0.25) is 0 Å². The van der Waals surface area contributed by atoms with E-state index in [1.807, 2.05) is 0 Å². The van der Waals surface area contributed by atoms with Crippen LogP contribution in [0.5, 0.6) is 0 Å². The molecule has 4 saturated carbocycles. The van der Waals surface area contributed by atoms with E-state index in [0.717, 1.165) is 23.7 Å². The number of para-hydroxylation sites is 2. The van der Waals surface area contributed by atoms with Gasteiger partial charge in [-0.3, -0.25) is 0 Å². The molecular formula is C58H44N2. The predicted molar refractivity (Wildman–Crippen MR) is 249 cm³/mol. The quantitative estimate of drug-likeness (QED) is 0.169. The van der Waals surface area contributed by atoms with Crippen molar-refractivity contribution in [1.82, 2.24) is 9.13 Å². The second kappa shape index (κ2) is 12.2. The van der Waals surface area contributed by atoms with Gasteiger partial charge in [-0.1, -0.05) is 133 Å². The van der Waals surface area contributed by atoms with Crippen LogP contribution in [0.4, 0.5) is 0 Å². The van der Waals surface area contributed by atoms with Crippen molar-refractivity contribution in [2.45, 2.75) is 37.5 Å². The molecule has 0 unspecified atom stereocenters. The zero-order valence-corrected chi connectivity index (χ0v) is 33.6. The molecule has 15 rings (SSSR count). The van der Waals surface area contributed by atoms with Gasteiger partial charge >= 0.3 is 0 Å². The number of fused-ring (bicyclic) bond motifs is 9. The largest absolute Gasteiger partial charge is 0.309 e. The Kier molecular flexibility index (Phi) is 6.76. The van der Waals surface area contributed by atoms with E-state index in [-0.39, 0.29) is 5.41 Å². The van der Waals surface area contributed by atoms with Crippen LogP contribution in [-0.4, -0.2) is 9.13 Å². The fourth-order valence-electron chi connectivity index (χ4n) is 13.7. The number of hydrogen-bond acceptors (Lipinski definition) is 0. The molecule has 4 fully saturated rings. The zero-order chi connectivity index (χ0) is 39.1. The molecule has 5 aliphatic carbocycles. The molecule has 0 N–H and O–H groups in total. The Bertz CT molecular complexity index is 3370. The van der Waals surface area contributed by atoms with Crippen molar-refractivity contribution in [3.05, 3.63) is 193 Å². The SMILES string of the molecule is c1ccc(-c2cccc(-n3c4ccccc4c4ccc(-c5cccc6c5c5ccccc5n6-c5ccc6c(c5)C5(c7ccccc7-6)C6CC7CC(C6)CC5C7)cc43)c2)cc1. The molecular weight excluding hydrogens is 725 g/mol. The monoisotopic (exact) mass is 768 g/mol. The van der Waals surface area contributed by atoms with Crippen LogP contribution in [0.2, 0.25) is 0 Å². The van der Waals surface area contributed by atoms with E-state index >= 15 is 0 Å². The maximum atomic E-state index is 2.64. The lowest BCUT2D eigenvalue weighted by Crippen LogP contribution is -2.55. The predicted octanol–water partition coefficient (Wildman–Crippen LogP) is 14.9. The first-order valence-corrected chi connectivity index (χ1v) is 22.2. The highest BCUT2D eigenvalue weighted by Crippen LogP contribution is 2.69. The molecule has 286 valence electrons. The molecule has 0 saturated heterocycles. The van der Waals surface area contributed by atoms with Gasteiger partial charge in [0.25, 0.3) is 0 Å². The molecule has 2 nitrogen and oxygen atoms in total. The van der Waals surface area contributed by atoms with Crippen LogP contribution in [0.25, 0.3) is 88.4 Å². The van der Waals surface area contributed by atoms with Gasteiger partial charge in [-0.05, 0) is 149 Å². The topological polar surface area (TPSA) is 9.86 Å². The van der Waals surface area contributed by atoms with Crippen LogP contribution in [0.1, 0.15) is 43.2 Å². The van der Waals surface area contributed by atoms with Crippen LogP contribution in [0.15, 0.2) is 182 Å². The first kappa shape index (κ1) is 33.2. The highest BCUT2D eigenvalue weighted by Gasteiger charge is 2.61. The number of benzene rings is 8. The van der Waals surface area contributed by atoms with Crippen molar-refractivity contribution in [2.75, 3.05) is 0 Å². The fourth-order valence-corrected chi connectivity index (χ4v) is 13.7. The molecule has 8 aromatic carbocycles. The summed E-state index contributed by atoms with van der Waals surface area (Å²) in [7, 11) is 0. The molecule has 5 aliphatic rings. The number of rotatable bonds is 4. The Labute approximate surface area is 350 Å². The molecule has 2 aromatic heterocycles. The first-order valence-electron chi connectivity index (χ1n) is 22.2. The number of hydrogen-bond donors (Lipinski definition) is 0. The van der Waals surface area contributed by atoms with Gasteiger partial charge < -0.3 is 9.13 Å². The van der Waals surface area contributed by atoms with Gasteiger partial charge in [-0.15, -0.1) is 0 Å². The van der Waals surface area contributed by atoms with Crippen molar-refractivity contribution >= 4 is 43.6 Å². The lowest BCUT2D eigenvalue weighted by molar-refractivity contribution is -0.0399. The fraction of sp³-hybridized carbons (Fsp3) is 0.172. The van der Waals surface area contributed by atoms with Crippen LogP contribution in [-0.2, 0) is 5.41 Å². The molecule has 0 aliphatic heterocycles. The van der Waals surface area contributed by atoms with Crippen molar-refractivity contribution in [3.63, 3.8) is 0 Å². The lowest BCUT2D eigenvalue weighted by Gasteiger charge is -2.61. The summed E-state index contributed by atoms with van der Waals surface area (Å²) in [6.07, 6.45) is 7.05. The van der Waals surface area contributed by atoms with Crippen LogP contribution < -0.4 is 0 Å². The van der Waals surface area contributed by atoms with Crippen molar-refractivity contribution in [2.24, 2.45) is 23.7 Å². The van der Waals surface area contributed by atoms with E-state index < -0.39 is 0 Å². The van der Waals surface area contributed by atoms with Gasteiger partial charge in [0.15, 0.2) is 0 Å². The normalized spacial score (nSPS) is 22.4. The van der Waals surface area contributed by atoms with E-state index in [0.29, 0.717) is 0 Å². The van der Waals surface area contributed by atoms with Crippen LogP contribution >= 0.6 is 0 Å². The smallest absolute Gasteiger partial charge is 0.0547 e. The number of nitrogens with zero attached hydrogens (tertiary/aromatic N) is 2. The minimum atomic E-state index is 0.133.